The fourth-order valence-electron chi connectivity index (χ4n) is 3.80. The van der Waals surface area contributed by atoms with E-state index in [9.17, 15) is 9.59 Å². The number of carbonyl (C=O) groups is 2. The van der Waals surface area contributed by atoms with Gasteiger partial charge in [0.05, 0.1) is 16.4 Å². The second-order valence-corrected chi connectivity index (χ2v) is 8.34. The van der Waals surface area contributed by atoms with Crippen molar-refractivity contribution < 1.29 is 14.3 Å². The van der Waals surface area contributed by atoms with Gasteiger partial charge in [-0.3, -0.25) is 9.59 Å². The van der Waals surface area contributed by atoms with E-state index < -0.39 is 0 Å². The van der Waals surface area contributed by atoms with Crippen molar-refractivity contribution in [1.82, 2.24) is 4.90 Å². The normalized spacial score (nSPS) is 13.5. The molecule has 0 spiro atoms. The van der Waals surface area contributed by atoms with Crippen molar-refractivity contribution >= 4 is 34.8 Å². The molecule has 6 nitrogen and oxygen atoms in total. The minimum atomic E-state index is -0.268. The Hall–Kier alpha value is -3.51. The Morgan fingerprint density at radius 1 is 0.909 bits per heavy atom. The first-order valence-electron chi connectivity index (χ1n) is 10.9. The van der Waals surface area contributed by atoms with E-state index in [1.54, 1.807) is 24.3 Å². The largest absolute Gasteiger partial charge is 0.484 e. The van der Waals surface area contributed by atoms with Gasteiger partial charge in [0.2, 0.25) is 0 Å². The third kappa shape index (κ3) is 5.65. The number of amides is 2. The summed E-state index contributed by atoms with van der Waals surface area (Å²) >= 11 is 6.52. The number of benzene rings is 3. The number of nitrogens with one attached hydrogen (secondary N) is 1. The lowest BCUT2D eigenvalue weighted by molar-refractivity contribution is -0.118. The minimum absolute atomic E-state index is 0.0281. The van der Waals surface area contributed by atoms with Gasteiger partial charge in [0.1, 0.15) is 5.75 Å². The number of rotatable bonds is 6. The third-order valence-electron chi connectivity index (χ3n) is 5.56. The molecule has 1 N–H and O–H groups in total. The van der Waals surface area contributed by atoms with Crippen LogP contribution in [0.3, 0.4) is 0 Å². The predicted molar refractivity (Wildman–Crippen MR) is 131 cm³/mol. The summed E-state index contributed by atoms with van der Waals surface area (Å²) < 4.78 is 5.54. The molecule has 3 aromatic rings. The molecule has 170 valence electrons. The maximum absolute atomic E-state index is 12.8. The molecule has 33 heavy (non-hydrogen) atoms. The van der Waals surface area contributed by atoms with Gasteiger partial charge in [-0.05, 0) is 43.3 Å². The minimum Gasteiger partial charge on any atom is -0.484 e. The number of ether oxygens (including phenoxy) is 1. The number of piperazine rings is 1. The van der Waals surface area contributed by atoms with Crippen LogP contribution in [-0.2, 0) is 4.79 Å². The van der Waals surface area contributed by atoms with Crippen LogP contribution in [0.2, 0.25) is 5.02 Å². The van der Waals surface area contributed by atoms with Crippen molar-refractivity contribution in [3.63, 3.8) is 0 Å². The molecule has 0 bridgehead atoms. The molecule has 1 heterocycles. The number of hydrogen-bond acceptors (Lipinski definition) is 4. The molecular weight excluding hydrogens is 438 g/mol. The molecule has 7 heteroatoms. The molecule has 1 fully saturated rings. The van der Waals surface area contributed by atoms with Crippen LogP contribution in [-0.4, -0.2) is 49.5 Å². The van der Waals surface area contributed by atoms with Crippen molar-refractivity contribution in [3.05, 3.63) is 88.9 Å². The summed E-state index contributed by atoms with van der Waals surface area (Å²) in [6, 6.07) is 22.3. The van der Waals surface area contributed by atoms with E-state index in [0.29, 0.717) is 48.2 Å². The van der Waals surface area contributed by atoms with Crippen LogP contribution in [0.5, 0.6) is 5.75 Å². The Bertz CT molecular complexity index is 1110. The molecule has 1 saturated heterocycles. The van der Waals surface area contributed by atoms with E-state index in [1.807, 2.05) is 60.4 Å². The van der Waals surface area contributed by atoms with Gasteiger partial charge in [-0.2, -0.15) is 0 Å². The second kappa shape index (κ2) is 10.4. The molecule has 2 amide bonds. The summed E-state index contributed by atoms with van der Waals surface area (Å²) in [6.07, 6.45) is 0. The Kier molecular flexibility index (Phi) is 7.15. The van der Waals surface area contributed by atoms with Gasteiger partial charge in [-0.25, -0.2) is 0 Å². The van der Waals surface area contributed by atoms with E-state index >= 15 is 0 Å². The highest BCUT2D eigenvalue weighted by molar-refractivity contribution is 6.34. The highest BCUT2D eigenvalue weighted by Gasteiger charge is 2.25. The smallest absolute Gasteiger partial charge is 0.262 e. The summed E-state index contributed by atoms with van der Waals surface area (Å²) in [5.41, 5.74) is 3.20. The van der Waals surface area contributed by atoms with Crippen LogP contribution in [0.25, 0.3) is 0 Å². The molecule has 0 saturated carbocycles. The fraction of sp³-hybridized carbons (Fsp3) is 0.231. The molecule has 0 atom stereocenters. The van der Waals surface area contributed by atoms with Gasteiger partial charge < -0.3 is 19.9 Å². The van der Waals surface area contributed by atoms with Crippen molar-refractivity contribution in [2.45, 2.75) is 6.92 Å². The lowest BCUT2D eigenvalue weighted by Crippen LogP contribution is -2.49. The fourth-order valence-corrected chi connectivity index (χ4v) is 4.10. The van der Waals surface area contributed by atoms with Crippen LogP contribution in [0.1, 0.15) is 15.9 Å². The van der Waals surface area contributed by atoms with E-state index in [0.717, 1.165) is 11.3 Å². The maximum Gasteiger partial charge on any atom is 0.262 e. The highest BCUT2D eigenvalue weighted by Crippen LogP contribution is 2.34. The zero-order valence-electron chi connectivity index (χ0n) is 18.5. The average molecular weight is 464 g/mol. The number of aryl methyl sites for hydroxylation is 1. The van der Waals surface area contributed by atoms with Gasteiger partial charge in [0.15, 0.2) is 6.61 Å². The molecule has 0 aromatic heterocycles. The van der Waals surface area contributed by atoms with Crippen molar-refractivity contribution in [2.24, 2.45) is 0 Å². The quantitative estimate of drug-likeness (QED) is 0.579. The Labute approximate surface area is 198 Å². The predicted octanol–water partition coefficient (Wildman–Crippen LogP) is 4.63. The first kappa shape index (κ1) is 22.7. The van der Waals surface area contributed by atoms with Crippen LogP contribution < -0.4 is 15.0 Å². The molecule has 4 rings (SSSR count). The number of halogens is 1. The monoisotopic (exact) mass is 463 g/mol. The summed E-state index contributed by atoms with van der Waals surface area (Å²) in [5, 5.41) is 3.46. The van der Waals surface area contributed by atoms with E-state index in [1.165, 1.54) is 0 Å². The summed E-state index contributed by atoms with van der Waals surface area (Å²) in [6.45, 7) is 4.27. The molecule has 1 aliphatic heterocycles. The topological polar surface area (TPSA) is 61.9 Å². The first-order chi connectivity index (χ1) is 16.0. The molecule has 0 aliphatic carbocycles. The van der Waals surface area contributed by atoms with Crippen LogP contribution in [0, 0.1) is 6.92 Å². The van der Waals surface area contributed by atoms with Crippen LogP contribution >= 0.6 is 11.6 Å². The van der Waals surface area contributed by atoms with Gasteiger partial charge >= 0.3 is 0 Å². The Balaban J connectivity index is 1.39. The zero-order chi connectivity index (χ0) is 23.2. The Morgan fingerprint density at radius 3 is 2.30 bits per heavy atom. The highest BCUT2D eigenvalue weighted by atomic mass is 35.5. The molecule has 3 aromatic carbocycles. The summed E-state index contributed by atoms with van der Waals surface area (Å²) in [5.74, 6) is 0.393. The van der Waals surface area contributed by atoms with Crippen molar-refractivity contribution in [1.29, 1.82) is 0 Å². The first-order valence-corrected chi connectivity index (χ1v) is 11.3. The zero-order valence-corrected chi connectivity index (χ0v) is 19.2. The van der Waals surface area contributed by atoms with E-state index in [-0.39, 0.29) is 18.4 Å². The standard InChI is InChI=1S/C26H26ClN3O3/c1-19-10-12-20(13-11-19)26(32)30-16-14-29(15-17-30)25-22(27)8-5-9-23(25)28-24(31)18-33-21-6-3-2-4-7-21/h2-13H,14-18H2,1H3,(H,28,31). The number of nitrogens with zero attached hydrogens (tertiary/aromatic N) is 2. The lowest BCUT2D eigenvalue weighted by Gasteiger charge is -2.37. The summed E-state index contributed by atoms with van der Waals surface area (Å²) in [7, 11) is 0. The van der Waals surface area contributed by atoms with Gasteiger partial charge in [0, 0.05) is 31.7 Å². The third-order valence-corrected chi connectivity index (χ3v) is 5.86. The number of carbonyl (C=O) groups excluding carboxylic acids is 2. The van der Waals surface area contributed by atoms with Crippen LogP contribution in [0.15, 0.2) is 72.8 Å². The van der Waals surface area contributed by atoms with Gasteiger partial charge in [-0.1, -0.05) is 53.6 Å². The molecule has 0 unspecified atom stereocenters. The van der Waals surface area contributed by atoms with Gasteiger partial charge in [0.25, 0.3) is 11.8 Å². The number of anilines is 2. The summed E-state index contributed by atoms with van der Waals surface area (Å²) in [4.78, 5) is 29.3. The molecule has 0 radical (unpaired) electrons. The van der Waals surface area contributed by atoms with Gasteiger partial charge in [-0.15, -0.1) is 0 Å². The lowest BCUT2D eigenvalue weighted by atomic mass is 10.1. The van der Waals surface area contributed by atoms with E-state index in [2.05, 4.69) is 10.2 Å². The Morgan fingerprint density at radius 2 is 1.61 bits per heavy atom. The molecular formula is C26H26ClN3O3. The molecule has 1 aliphatic rings. The van der Waals surface area contributed by atoms with Crippen molar-refractivity contribution in [2.75, 3.05) is 43.0 Å². The maximum atomic E-state index is 12.8. The van der Waals surface area contributed by atoms with E-state index in [4.69, 9.17) is 16.3 Å². The number of hydrogen-bond donors (Lipinski definition) is 1. The average Bonchev–Trinajstić information content (AvgIpc) is 2.84. The second-order valence-electron chi connectivity index (χ2n) is 7.93. The van der Waals surface area contributed by atoms with Crippen LogP contribution in [0.4, 0.5) is 11.4 Å². The number of para-hydroxylation sites is 2. The SMILES string of the molecule is Cc1ccc(C(=O)N2CCN(c3c(Cl)cccc3NC(=O)COc3ccccc3)CC2)cc1. The van der Waals surface area contributed by atoms with Crippen molar-refractivity contribution in [3.8, 4) is 5.75 Å².